The Bertz CT molecular complexity index is 359. The summed E-state index contributed by atoms with van der Waals surface area (Å²) in [6.07, 6.45) is 0.161. The van der Waals surface area contributed by atoms with Crippen molar-refractivity contribution in [2.24, 2.45) is 0 Å². The molecule has 5 nitrogen and oxygen atoms in total. The first-order valence-electron chi connectivity index (χ1n) is 5.42. The molecule has 0 fully saturated rings. The van der Waals surface area contributed by atoms with Crippen LogP contribution in [0.15, 0.2) is 24.3 Å². The van der Waals surface area contributed by atoms with Gasteiger partial charge in [0.05, 0.1) is 0 Å². The van der Waals surface area contributed by atoms with Gasteiger partial charge in [-0.2, -0.15) is 0 Å². The van der Waals surface area contributed by atoms with Crippen molar-refractivity contribution in [3.63, 3.8) is 0 Å². The fourth-order valence-corrected chi connectivity index (χ4v) is 1.11. The van der Waals surface area contributed by atoms with Crippen LogP contribution in [-0.4, -0.2) is 17.5 Å². The van der Waals surface area contributed by atoms with Crippen LogP contribution in [0.4, 0.5) is 0 Å². The van der Waals surface area contributed by atoms with E-state index in [0.717, 1.165) is 11.1 Å². The van der Waals surface area contributed by atoms with Crippen molar-refractivity contribution in [3.8, 4) is 0 Å². The van der Waals surface area contributed by atoms with Crippen molar-refractivity contribution in [2.45, 2.75) is 27.2 Å². The summed E-state index contributed by atoms with van der Waals surface area (Å²) in [6, 6.07) is 7.41. The van der Waals surface area contributed by atoms with Crippen LogP contribution in [0.2, 0.25) is 0 Å². The van der Waals surface area contributed by atoms with Gasteiger partial charge in [0.1, 0.15) is 0 Å². The second-order valence-electron chi connectivity index (χ2n) is 3.20. The molecule has 1 rings (SSSR count). The molecule has 94 valence electrons. The van der Waals surface area contributed by atoms with E-state index in [9.17, 15) is 14.9 Å². The van der Waals surface area contributed by atoms with Gasteiger partial charge in [-0.05, 0) is 12.5 Å². The maximum atomic E-state index is 11.2. The van der Waals surface area contributed by atoms with Gasteiger partial charge in [0.2, 0.25) is 0 Å². The fraction of sp³-hybridized carbons (Fsp3) is 0.417. The number of ketones is 1. The zero-order valence-electron chi connectivity index (χ0n) is 10.3. The van der Waals surface area contributed by atoms with Crippen LogP contribution in [-0.2, 0) is 16.1 Å². The van der Waals surface area contributed by atoms with E-state index in [2.05, 4.69) is 4.84 Å². The van der Waals surface area contributed by atoms with E-state index >= 15 is 0 Å². The Morgan fingerprint density at radius 3 is 2.29 bits per heavy atom. The van der Waals surface area contributed by atoms with E-state index in [1.54, 1.807) is 0 Å². The van der Waals surface area contributed by atoms with Crippen molar-refractivity contribution in [1.82, 2.24) is 0 Å². The Morgan fingerprint density at radius 2 is 1.82 bits per heavy atom. The average Bonchev–Trinajstić information content (AvgIpc) is 2.32. The molecule has 0 heterocycles. The third-order valence-corrected chi connectivity index (χ3v) is 1.85. The van der Waals surface area contributed by atoms with Crippen molar-refractivity contribution in [3.05, 3.63) is 45.5 Å². The van der Waals surface area contributed by atoms with Crippen molar-refractivity contribution < 1.29 is 14.7 Å². The minimum atomic E-state index is -0.965. The SMILES string of the molecule is CC.Cc1ccc(CC(=O)CO[N+](=O)[O-])cc1. The molecule has 0 atom stereocenters. The predicted octanol–water partition coefficient (Wildman–Crippen LogP) is 2.34. The van der Waals surface area contributed by atoms with Crippen LogP contribution in [0.1, 0.15) is 25.0 Å². The number of hydrogen-bond acceptors (Lipinski definition) is 4. The average molecular weight is 239 g/mol. The zero-order chi connectivity index (χ0) is 13.3. The van der Waals surface area contributed by atoms with Crippen LogP contribution < -0.4 is 0 Å². The van der Waals surface area contributed by atoms with Gasteiger partial charge in [-0.1, -0.05) is 43.7 Å². The van der Waals surface area contributed by atoms with E-state index in [1.165, 1.54) is 0 Å². The molecule has 0 bridgehead atoms. The molecule has 0 radical (unpaired) electrons. The van der Waals surface area contributed by atoms with Crippen LogP contribution in [0.25, 0.3) is 0 Å². The lowest BCUT2D eigenvalue weighted by molar-refractivity contribution is -0.754. The van der Waals surface area contributed by atoms with E-state index in [0.29, 0.717) is 0 Å². The van der Waals surface area contributed by atoms with Gasteiger partial charge < -0.3 is 4.84 Å². The smallest absolute Gasteiger partial charge is 0.294 e. The molecule has 1 aromatic rings. The summed E-state index contributed by atoms with van der Waals surface area (Å²) in [6.45, 7) is 5.46. The number of carbonyl (C=O) groups is 1. The molecular formula is C12H17NO4. The second kappa shape index (κ2) is 8.27. The largest absolute Gasteiger partial charge is 0.306 e. The Hall–Kier alpha value is -1.91. The lowest BCUT2D eigenvalue weighted by Gasteiger charge is -2.00. The molecule has 0 N–H and O–H groups in total. The topological polar surface area (TPSA) is 69.4 Å². The van der Waals surface area contributed by atoms with Crippen LogP contribution in [0.3, 0.4) is 0 Å². The van der Waals surface area contributed by atoms with Gasteiger partial charge in [-0.15, -0.1) is 10.1 Å². The standard InChI is InChI=1S/C10H11NO4.C2H6/c1-8-2-4-9(5-3-8)6-10(12)7-15-11(13)14;1-2/h2-5H,6-7H2,1H3;1-2H3. The quantitative estimate of drug-likeness (QED) is 0.584. The van der Waals surface area contributed by atoms with Crippen molar-refractivity contribution in [1.29, 1.82) is 0 Å². The highest BCUT2D eigenvalue weighted by Crippen LogP contribution is 2.04. The summed E-state index contributed by atoms with van der Waals surface area (Å²) in [5.74, 6) is -0.310. The molecular weight excluding hydrogens is 222 g/mol. The number of benzene rings is 1. The highest BCUT2D eigenvalue weighted by molar-refractivity contribution is 5.81. The second-order valence-corrected chi connectivity index (χ2v) is 3.20. The molecule has 0 aliphatic rings. The zero-order valence-corrected chi connectivity index (χ0v) is 10.3. The summed E-state index contributed by atoms with van der Waals surface area (Å²) in [5, 5.41) is 8.87. The molecule has 0 saturated heterocycles. The molecule has 0 aliphatic carbocycles. The lowest BCUT2D eigenvalue weighted by atomic mass is 10.1. The van der Waals surface area contributed by atoms with E-state index < -0.39 is 11.7 Å². The summed E-state index contributed by atoms with van der Waals surface area (Å²) in [4.78, 5) is 25.0. The number of carbonyl (C=O) groups excluding carboxylic acids is 1. The number of rotatable bonds is 5. The third-order valence-electron chi connectivity index (χ3n) is 1.85. The normalized spacial score (nSPS) is 8.88. The number of Topliss-reactive ketones (excluding diaryl/α,β-unsaturated/α-hetero) is 1. The summed E-state index contributed by atoms with van der Waals surface area (Å²) < 4.78 is 0. The summed E-state index contributed by atoms with van der Waals surface area (Å²) in [5.41, 5.74) is 1.94. The Balaban J connectivity index is 0.00000121. The maximum Gasteiger partial charge on any atom is 0.294 e. The highest BCUT2D eigenvalue weighted by atomic mass is 16.9. The first-order valence-corrected chi connectivity index (χ1v) is 5.42. The number of aryl methyl sites for hydroxylation is 1. The monoisotopic (exact) mass is 239 g/mol. The van der Waals surface area contributed by atoms with E-state index in [4.69, 9.17) is 0 Å². The molecule has 17 heavy (non-hydrogen) atoms. The van der Waals surface area contributed by atoms with Gasteiger partial charge in [0, 0.05) is 6.42 Å². The fourth-order valence-electron chi connectivity index (χ4n) is 1.11. The van der Waals surface area contributed by atoms with Crippen LogP contribution in [0, 0.1) is 17.0 Å². The van der Waals surface area contributed by atoms with Crippen molar-refractivity contribution in [2.75, 3.05) is 6.61 Å². The molecule has 0 spiro atoms. The van der Waals surface area contributed by atoms with Crippen LogP contribution >= 0.6 is 0 Å². The molecule has 0 aromatic heterocycles. The number of nitrogens with zero attached hydrogens (tertiary/aromatic N) is 1. The van der Waals surface area contributed by atoms with E-state index in [-0.39, 0.29) is 12.2 Å². The molecule has 0 saturated carbocycles. The Labute approximate surface area is 101 Å². The lowest BCUT2D eigenvalue weighted by Crippen LogP contribution is -2.14. The molecule has 1 aromatic carbocycles. The van der Waals surface area contributed by atoms with Crippen LogP contribution in [0.5, 0.6) is 0 Å². The Morgan fingerprint density at radius 1 is 1.29 bits per heavy atom. The minimum absolute atomic E-state index is 0.161. The minimum Gasteiger partial charge on any atom is -0.306 e. The van der Waals surface area contributed by atoms with E-state index in [1.807, 2.05) is 45.0 Å². The summed E-state index contributed by atoms with van der Waals surface area (Å²) >= 11 is 0. The highest BCUT2D eigenvalue weighted by Gasteiger charge is 2.06. The van der Waals surface area contributed by atoms with Crippen molar-refractivity contribution >= 4 is 5.78 Å². The third kappa shape index (κ3) is 7.05. The van der Waals surface area contributed by atoms with Gasteiger partial charge in [0.15, 0.2) is 12.4 Å². The van der Waals surface area contributed by atoms with Gasteiger partial charge in [0.25, 0.3) is 5.09 Å². The summed E-state index contributed by atoms with van der Waals surface area (Å²) in [7, 11) is 0. The molecule has 5 heteroatoms. The first kappa shape index (κ1) is 15.1. The predicted molar refractivity (Wildman–Crippen MR) is 64.2 cm³/mol. The van der Waals surface area contributed by atoms with Gasteiger partial charge in [-0.25, -0.2) is 0 Å². The molecule has 0 aliphatic heterocycles. The Kier molecular flexibility index (Phi) is 7.34. The molecule has 0 unspecified atom stereocenters. The maximum absolute atomic E-state index is 11.2. The van der Waals surface area contributed by atoms with Gasteiger partial charge >= 0.3 is 0 Å². The first-order chi connectivity index (χ1) is 8.08. The van der Waals surface area contributed by atoms with Gasteiger partial charge in [-0.3, -0.25) is 4.79 Å². The number of hydrogen-bond donors (Lipinski definition) is 0. The molecule has 0 amide bonds.